The predicted octanol–water partition coefficient (Wildman–Crippen LogP) is 3.48. The number of aromatic amines is 1. The van der Waals surface area contributed by atoms with Crippen LogP contribution in [-0.2, 0) is 6.54 Å². The highest BCUT2D eigenvalue weighted by molar-refractivity contribution is 5.66. The van der Waals surface area contributed by atoms with Gasteiger partial charge in [-0.2, -0.15) is 5.21 Å². The van der Waals surface area contributed by atoms with Crippen molar-refractivity contribution in [3.8, 4) is 0 Å². The fourth-order valence-corrected chi connectivity index (χ4v) is 4.47. The van der Waals surface area contributed by atoms with Gasteiger partial charge in [-0.3, -0.25) is 4.90 Å². The molecule has 6 heteroatoms. The maximum absolute atomic E-state index is 3.95. The number of likely N-dealkylation sites (tertiary alicyclic amines) is 1. The lowest BCUT2D eigenvalue weighted by atomic mass is 10.0. The molecule has 0 radical (unpaired) electrons. The van der Waals surface area contributed by atoms with Gasteiger partial charge in [0.2, 0.25) is 0 Å². The first kappa shape index (κ1) is 19.2. The Hall–Kier alpha value is -2.83. The van der Waals surface area contributed by atoms with Gasteiger partial charge in [0.25, 0.3) is 0 Å². The maximum Gasteiger partial charge on any atom is 0.197 e. The molecule has 0 amide bonds. The molecule has 6 nitrogen and oxygen atoms in total. The molecule has 1 saturated carbocycles. The minimum absolute atomic E-state index is 0.597. The van der Waals surface area contributed by atoms with E-state index in [-0.39, 0.29) is 0 Å². The van der Waals surface area contributed by atoms with E-state index in [0.29, 0.717) is 23.8 Å². The van der Waals surface area contributed by atoms with Gasteiger partial charge in [0.15, 0.2) is 5.82 Å². The van der Waals surface area contributed by atoms with Crippen molar-refractivity contribution in [2.45, 2.75) is 43.8 Å². The molecule has 2 aromatic carbocycles. The zero-order chi connectivity index (χ0) is 20.2. The van der Waals surface area contributed by atoms with E-state index in [2.05, 4.69) is 85.4 Å². The van der Waals surface area contributed by atoms with E-state index in [4.69, 9.17) is 0 Å². The van der Waals surface area contributed by atoms with Crippen LogP contribution in [0.4, 0.5) is 0 Å². The van der Waals surface area contributed by atoms with Crippen LogP contribution in [0.3, 0.4) is 0 Å². The average molecular weight is 401 g/mol. The third kappa shape index (κ3) is 4.83. The molecule has 2 heterocycles. The fourth-order valence-electron chi connectivity index (χ4n) is 4.47. The maximum atomic E-state index is 3.95. The summed E-state index contributed by atoms with van der Waals surface area (Å²) in [4.78, 5) is 2.57. The number of piperidine rings is 1. The number of hydrogen-bond acceptors (Lipinski definition) is 5. The summed E-state index contributed by atoms with van der Waals surface area (Å²) in [7, 11) is 0. The van der Waals surface area contributed by atoms with Crippen LogP contribution in [0, 0.1) is 0 Å². The van der Waals surface area contributed by atoms with E-state index >= 15 is 0 Å². The van der Waals surface area contributed by atoms with Crippen molar-refractivity contribution in [2.24, 2.45) is 0 Å². The molecule has 1 aliphatic heterocycles. The van der Waals surface area contributed by atoms with Crippen molar-refractivity contribution >= 4 is 12.2 Å². The van der Waals surface area contributed by atoms with Gasteiger partial charge in [-0.15, -0.1) is 10.2 Å². The van der Waals surface area contributed by atoms with Crippen LogP contribution in [-0.4, -0.2) is 50.7 Å². The Morgan fingerprint density at radius 2 is 1.90 bits per heavy atom. The van der Waals surface area contributed by atoms with Gasteiger partial charge in [0, 0.05) is 24.5 Å². The highest BCUT2D eigenvalue weighted by Gasteiger charge is 2.39. The minimum atomic E-state index is 0.597. The molecule has 1 aromatic heterocycles. The van der Waals surface area contributed by atoms with E-state index < -0.39 is 0 Å². The molecule has 0 unspecified atom stereocenters. The monoisotopic (exact) mass is 400 g/mol. The summed E-state index contributed by atoms with van der Waals surface area (Å²) >= 11 is 0. The summed E-state index contributed by atoms with van der Waals surface area (Å²) in [6, 6.07) is 20.9. The van der Waals surface area contributed by atoms with Crippen LogP contribution >= 0.6 is 0 Å². The van der Waals surface area contributed by atoms with Crippen molar-refractivity contribution in [3.63, 3.8) is 0 Å². The molecular formula is C24H28N6. The van der Waals surface area contributed by atoms with Gasteiger partial charge in [-0.05, 0) is 60.3 Å². The molecule has 154 valence electrons. The Bertz CT molecular complexity index is 960. The van der Waals surface area contributed by atoms with Gasteiger partial charge < -0.3 is 5.32 Å². The number of nitrogens with one attached hydrogen (secondary N) is 2. The Labute approximate surface area is 177 Å². The highest BCUT2D eigenvalue weighted by atomic mass is 15.5. The second-order valence-electron chi connectivity index (χ2n) is 8.42. The lowest BCUT2D eigenvalue weighted by molar-refractivity contribution is 0.189. The first-order valence-electron chi connectivity index (χ1n) is 10.9. The largest absolute Gasteiger partial charge is 0.311 e. The first-order chi connectivity index (χ1) is 14.8. The number of hydrogen-bond donors (Lipinski definition) is 2. The van der Waals surface area contributed by atoms with Crippen LogP contribution in [0.15, 0.2) is 54.6 Å². The average Bonchev–Trinajstić information content (AvgIpc) is 3.35. The number of nitrogens with zero attached hydrogens (tertiary/aromatic N) is 4. The fraction of sp³-hybridized carbons (Fsp3) is 0.375. The van der Waals surface area contributed by atoms with E-state index in [9.17, 15) is 0 Å². The zero-order valence-corrected chi connectivity index (χ0v) is 17.1. The second kappa shape index (κ2) is 8.90. The van der Waals surface area contributed by atoms with Gasteiger partial charge in [-0.1, -0.05) is 60.7 Å². The number of rotatable bonds is 7. The highest BCUT2D eigenvalue weighted by Crippen LogP contribution is 2.41. The Balaban J connectivity index is 1.09. The molecule has 2 N–H and O–H groups in total. The van der Waals surface area contributed by atoms with Crippen LogP contribution in [0.1, 0.15) is 47.7 Å². The zero-order valence-electron chi connectivity index (χ0n) is 17.1. The van der Waals surface area contributed by atoms with Crippen molar-refractivity contribution in [2.75, 3.05) is 13.1 Å². The SMILES string of the molecule is C(=Cc1nn[nH]n1)c1cccc(CN2CCC(N[C@@H]3C[C@H]3c3ccccc3)CC2)c1. The molecule has 2 atom stereocenters. The van der Waals surface area contributed by atoms with E-state index in [1.165, 1.54) is 30.4 Å². The van der Waals surface area contributed by atoms with Gasteiger partial charge >= 0.3 is 0 Å². The van der Waals surface area contributed by atoms with E-state index in [1.54, 1.807) is 0 Å². The van der Waals surface area contributed by atoms with Crippen LogP contribution in [0.25, 0.3) is 12.2 Å². The lowest BCUT2D eigenvalue weighted by Crippen LogP contribution is -2.43. The third-order valence-corrected chi connectivity index (χ3v) is 6.20. The summed E-state index contributed by atoms with van der Waals surface area (Å²) in [5.41, 5.74) is 4.00. The summed E-state index contributed by atoms with van der Waals surface area (Å²) in [6.07, 6.45) is 7.66. The summed E-state index contributed by atoms with van der Waals surface area (Å²) in [6.45, 7) is 3.32. The summed E-state index contributed by atoms with van der Waals surface area (Å²) < 4.78 is 0. The Morgan fingerprint density at radius 3 is 2.70 bits per heavy atom. The molecule has 0 spiro atoms. The molecule has 2 aliphatic rings. The molecule has 3 aromatic rings. The second-order valence-corrected chi connectivity index (χ2v) is 8.42. The predicted molar refractivity (Wildman–Crippen MR) is 119 cm³/mol. The van der Waals surface area contributed by atoms with Gasteiger partial charge in [0.05, 0.1) is 0 Å². The Kier molecular flexibility index (Phi) is 5.68. The molecule has 1 aliphatic carbocycles. The normalized spacial score (nSPS) is 22.5. The van der Waals surface area contributed by atoms with Crippen molar-refractivity contribution in [1.82, 2.24) is 30.8 Å². The number of tetrazole rings is 1. The number of H-pyrrole nitrogens is 1. The quantitative estimate of drug-likeness (QED) is 0.635. The minimum Gasteiger partial charge on any atom is -0.311 e. The standard InChI is InChI=1S/C24H28N6/c1-2-7-20(8-3-1)22-16-23(22)25-21-11-13-30(14-12-21)17-19-6-4-5-18(15-19)9-10-24-26-28-29-27-24/h1-10,15,21-23,25H,11-14,16-17H2,(H,26,27,28,29)/t22-,23+/m0/s1. The Morgan fingerprint density at radius 1 is 1.03 bits per heavy atom. The molecule has 1 saturated heterocycles. The van der Waals surface area contributed by atoms with Crippen LogP contribution < -0.4 is 5.32 Å². The van der Waals surface area contributed by atoms with Gasteiger partial charge in [0.1, 0.15) is 0 Å². The van der Waals surface area contributed by atoms with E-state index in [1.807, 2.05) is 12.2 Å². The van der Waals surface area contributed by atoms with Crippen LogP contribution in [0.5, 0.6) is 0 Å². The van der Waals surface area contributed by atoms with Crippen molar-refractivity contribution in [1.29, 1.82) is 0 Å². The summed E-state index contributed by atoms with van der Waals surface area (Å²) in [5.74, 6) is 1.31. The van der Waals surface area contributed by atoms with Crippen molar-refractivity contribution < 1.29 is 0 Å². The number of benzene rings is 2. The molecule has 0 bridgehead atoms. The number of aromatic nitrogens is 4. The lowest BCUT2D eigenvalue weighted by Gasteiger charge is -2.32. The molecular weight excluding hydrogens is 372 g/mol. The third-order valence-electron chi connectivity index (χ3n) is 6.20. The molecule has 5 rings (SSSR count). The molecule has 2 fully saturated rings. The smallest absolute Gasteiger partial charge is 0.197 e. The molecule has 30 heavy (non-hydrogen) atoms. The first-order valence-corrected chi connectivity index (χ1v) is 10.9. The van der Waals surface area contributed by atoms with E-state index in [0.717, 1.165) is 25.2 Å². The summed E-state index contributed by atoms with van der Waals surface area (Å²) in [5, 5.41) is 17.9. The topological polar surface area (TPSA) is 69.7 Å². The van der Waals surface area contributed by atoms with Crippen LogP contribution in [0.2, 0.25) is 0 Å². The van der Waals surface area contributed by atoms with Gasteiger partial charge in [-0.25, -0.2) is 0 Å². The van der Waals surface area contributed by atoms with Crippen molar-refractivity contribution in [3.05, 3.63) is 77.1 Å².